The van der Waals surface area contributed by atoms with Crippen molar-refractivity contribution in [2.75, 3.05) is 24.4 Å². The van der Waals surface area contributed by atoms with Crippen molar-refractivity contribution in [3.8, 4) is 5.75 Å². The van der Waals surface area contributed by atoms with Gasteiger partial charge in [-0.3, -0.25) is 9.69 Å². The van der Waals surface area contributed by atoms with Gasteiger partial charge in [-0.2, -0.15) is 0 Å². The van der Waals surface area contributed by atoms with Crippen molar-refractivity contribution in [1.29, 1.82) is 0 Å². The van der Waals surface area contributed by atoms with Crippen LogP contribution in [0.1, 0.15) is 17.3 Å². The molecule has 0 fully saturated rings. The van der Waals surface area contributed by atoms with Crippen molar-refractivity contribution in [2.24, 2.45) is 0 Å². The summed E-state index contributed by atoms with van der Waals surface area (Å²) in [4.78, 5) is 27.0. The van der Waals surface area contributed by atoms with Gasteiger partial charge < -0.3 is 14.8 Å². The Bertz CT molecular complexity index is 805. The first-order valence-corrected chi connectivity index (χ1v) is 7.46. The van der Waals surface area contributed by atoms with Gasteiger partial charge in [0.15, 0.2) is 0 Å². The third kappa shape index (κ3) is 2.27. The lowest BCUT2D eigenvalue weighted by molar-refractivity contribution is -0.145. The minimum atomic E-state index is -1.39. The molecule has 0 saturated heterocycles. The monoisotopic (exact) mass is 326 g/mol. The molecule has 2 aromatic carbocycles. The van der Waals surface area contributed by atoms with E-state index in [9.17, 15) is 9.59 Å². The van der Waals surface area contributed by atoms with Crippen molar-refractivity contribution in [3.63, 3.8) is 0 Å². The Morgan fingerprint density at radius 2 is 1.75 bits per heavy atom. The molecule has 1 aliphatic heterocycles. The summed E-state index contributed by atoms with van der Waals surface area (Å²) in [6, 6.07) is 14.1. The molecule has 0 aliphatic carbocycles. The summed E-state index contributed by atoms with van der Waals surface area (Å²) in [6.07, 6.45) is 0. The van der Waals surface area contributed by atoms with Gasteiger partial charge in [0.1, 0.15) is 5.75 Å². The van der Waals surface area contributed by atoms with E-state index in [1.54, 1.807) is 55.5 Å². The number of amides is 1. The molecule has 3 rings (SSSR count). The van der Waals surface area contributed by atoms with Gasteiger partial charge in [0.2, 0.25) is 5.66 Å². The SMILES string of the molecule is COC(=O)[C@@]1(C)Nc2ccccc2C(=O)N1c1ccccc1OC. The van der Waals surface area contributed by atoms with Crippen LogP contribution in [0.5, 0.6) is 5.75 Å². The number of benzene rings is 2. The van der Waals surface area contributed by atoms with Gasteiger partial charge in [-0.25, -0.2) is 4.79 Å². The van der Waals surface area contributed by atoms with E-state index in [0.29, 0.717) is 22.7 Å². The summed E-state index contributed by atoms with van der Waals surface area (Å²) in [5, 5.41) is 3.13. The number of methoxy groups -OCH3 is 2. The van der Waals surface area contributed by atoms with Crippen LogP contribution in [0.3, 0.4) is 0 Å². The molecular weight excluding hydrogens is 308 g/mol. The third-order valence-corrected chi connectivity index (χ3v) is 4.09. The number of nitrogens with zero attached hydrogens (tertiary/aromatic N) is 1. The summed E-state index contributed by atoms with van der Waals surface area (Å²) >= 11 is 0. The number of para-hydroxylation sites is 3. The van der Waals surface area contributed by atoms with Crippen molar-refractivity contribution in [2.45, 2.75) is 12.6 Å². The van der Waals surface area contributed by atoms with Crippen LogP contribution in [0, 0.1) is 0 Å². The first-order chi connectivity index (χ1) is 11.5. The molecule has 0 unspecified atom stereocenters. The molecule has 6 heteroatoms. The summed E-state index contributed by atoms with van der Waals surface area (Å²) in [7, 11) is 2.81. The van der Waals surface area contributed by atoms with Gasteiger partial charge in [-0.15, -0.1) is 0 Å². The zero-order valence-corrected chi connectivity index (χ0v) is 13.7. The molecule has 0 spiro atoms. The first-order valence-electron chi connectivity index (χ1n) is 7.46. The molecule has 6 nitrogen and oxygen atoms in total. The van der Waals surface area contributed by atoms with Gasteiger partial charge in [-0.1, -0.05) is 24.3 Å². The number of hydrogen-bond donors (Lipinski definition) is 1. The Hall–Kier alpha value is -3.02. The third-order valence-electron chi connectivity index (χ3n) is 4.09. The molecule has 124 valence electrons. The maximum atomic E-state index is 13.1. The highest BCUT2D eigenvalue weighted by atomic mass is 16.5. The quantitative estimate of drug-likeness (QED) is 0.878. The number of carbonyl (C=O) groups excluding carboxylic acids is 2. The van der Waals surface area contributed by atoms with Crippen LogP contribution in [0.2, 0.25) is 0 Å². The number of nitrogens with one attached hydrogen (secondary N) is 1. The summed E-state index contributed by atoms with van der Waals surface area (Å²) in [6.45, 7) is 1.61. The predicted molar refractivity (Wildman–Crippen MR) is 90.3 cm³/mol. The lowest BCUT2D eigenvalue weighted by atomic mass is 9.99. The van der Waals surface area contributed by atoms with E-state index >= 15 is 0 Å². The van der Waals surface area contributed by atoms with Crippen LogP contribution in [0.15, 0.2) is 48.5 Å². The average molecular weight is 326 g/mol. The number of esters is 1. The van der Waals surface area contributed by atoms with Crippen LogP contribution in [0.4, 0.5) is 11.4 Å². The van der Waals surface area contributed by atoms with Crippen LogP contribution < -0.4 is 15.0 Å². The standard InChI is InChI=1S/C18H18N2O4/c1-18(17(22)24-3)19-13-9-5-4-8-12(13)16(21)20(18)14-10-6-7-11-15(14)23-2/h4-11,19H,1-3H3/t18-/m0/s1. The molecule has 0 radical (unpaired) electrons. The topological polar surface area (TPSA) is 67.9 Å². The predicted octanol–water partition coefficient (Wildman–Crippen LogP) is 2.66. The van der Waals surface area contributed by atoms with Crippen LogP contribution >= 0.6 is 0 Å². The van der Waals surface area contributed by atoms with Gasteiger partial charge in [0, 0.05) is 5.69 Å². The van der Waals surface area contributed by atoms with E-state index in [4.69, 9.17) is 9.47 Å². The summed E-state index contributed by atoms with van der Waals surface area (Å²) < 4.78 is 10.3. The lowest BCUT2D eigenvalue weighted by Gasteiger charge is -2.44. The van der Waals surface area contributed by atoms with Crippen molar-refractivity contribution >= 4 is 23.3 Å². The minimum absolute atomic E-state index is 0.304. The zero-order valence-electron chi connectivity index (χ0n) is 13.7. The molecular formula is C18H18N2O4. The minimum Gasteiger partial charge on any atom is -0.495 e. The largest absolute Gasteiger partial charge is 0.495 e. The van der Waals surface area contributed by atoms with E-state index in [2.05, 4.69) is 5.32 Å². The van der Waals surface area contributed by atoms with Gasteiger partial charge >= 0.3 is 5.97 Å². The maximum absolute atomic E-state index is 13.1. The highest BCUT2D eigenvalue weighted by Gasteiger charge is 2.49. The fraction of sp³-hybridized carbons (Fsp3) is 0.222. The first kappa shape index (κ1) is 15.9. The fourth-order valence-electron chi connectivity index (χ4n) is 2.93. The van der Waals surface area contributed by atoms with Crippen LogP contribution in [0.25, 0.3) is 0 Å². The molecule has 0 aromatic heterocycles. The highest BCUT2D eigenvalue weighted by molar-refractivity contribution is 6.17. The number of hydrogen-bond acceptors (Lipinski definition) is 5. The van der Waals surface area contributed by atoms with Crippen LogP contribution in [-0.4, -0.2) is 31.8 Å². The summed E-state index contributed by atoms with van der Waals surface area (Å²) in [5.41, 5.74) is 0.153. The Kier molecular flexibility index (Phi) is 3.89. The normalized spacial score (nSPS) is 19.3. The number of anilines is 2. The Morgan fingerprint density at radius 1 is 1.08 bits per heavy atom. The van der Waals surface area contributed by atoms with E-state index in [1.807, 2.05) is 0 Å². The molecule has 1 aliphatic rings. The maximum Gasteiger partial charge on any atom is 0.352 e. The molecule has 0 bridgehead atoms. The fourth-order valence-corrected chi connectivity index (χ4v) is 2.93. The molecule has 2 aromatic rings. The Labute approximate surface area is 140 Å². The molecule has 1 amide bonds. The van der Waals surface area contributed by atoms with E-state index in [1.165, 1.54) is 19.1 Å². The number of ether oxygens (including phenoxy) is 2. The van der Waals surface area contributed by atoms with E-state index in [0.717, 1.165) is 0 Å². The smallest absolute Gasteiger partial charge is 0.352 e. The number of carbonyl (C=O) groups is 2. The van der Waals surface area contributed by atoms with Gasteiger partial charge in [-0.05, 0) is 31.2 Å². The highest BCUT2D eigenvalue weighted by Crippen LogP contribution is 2.39. The molecule has 1 N–H and O–H groups in total. The number of rotatable bonds is 3. The second-order valence-corrected chi connectivity index (χ2v) is 5.55. The number of fused-ring (bicyclic) bond motifs is 1. The zero-order chi connectivity index (χ0) is 17.3. The van der Waals surface area contributed by atoms with Crippen molar-refractivity contribution in [3.05, 3.63) is 54.1 Å². The molecule has 1 heterocycles. The van der Waals surface area contributed by atoms with Crippen LogP contribution in [-0.2, 0) is 9.53 Å². The lowest BCUT2D eigenvalue weighted by Crippen LogP contribution is -2.63. The Morgan fingerprint density at radius 3 is 2.46 bits per heavy atom. The average Bonchev–Trinajstić information content (AvgIpc) is 2.61. The van der Waals surface area contributed by atoms with E-state index in [-0.39, 0.29) is 5.91 Å². The second-order valence-electron chi connectivity index (χ2n) is 5.55. The molecule has 0 saturated carbocycles. The van der Waals surface area contributed by atoms with Crippen molar-refractivity contribution in [1.82, 2.24) is 0 Å². The van der Waals surface area contributed by atoms with Gasteiger partial charge in [0.25, 0.3) is 5.91 Å². The molecule has 24 heavy (non-hydrogen) atoms. The summed E-state index contributed by atoms with van der Waals surface area (Å²) in [5.74, 6) is -0.389. The van der Waals surface area contributed by atoms with E-state index < -0.39 is 11.6 Å². The Balaban J connectivity index is 2.23. The van der Waals surface area contributed by atoms with Crippen molar-refractivity contribution < 1.29 is 19.1 Å². The molecule has 1 atom stereocenters. The van der Waals surface area contributed by atoms with Gasteiger partial charge in [0.05, 0.1) is 25.5 Å². The second kappa shape index (κ2) is 5.88.